The first-order chi connectivity index (χ1) is 13.3. The molecule has 2 aromatic rings. The number of rotatable bonds is 4. The number of nitrogens with zero attached hydrogens (tertiary/aromatic N) is 2. The van der Waals surface area contributed by atoms with Gasteiger partial charge >= 0.3 is 0 Å². The Morgan fingerprint density at radius 1 is 1.00 bits per heavy atom. The summed E-state index contributed by atoms with van der Waals surface area (Å²) in [7, 11) is 0. The van der Waals surface area contributed by atoms with Crippen LogP contribution in [0.4, 0.5) is 8.78 Å². The van der Waals surface area contributed by atoms with Crippen LogP contribution < -0.4 is 4.74 Å². The van der Waals surface area contributed by atoms with Gasteiger partial charge in [-0.2, -0.15) is 0 Å². The Bertz CT molecular complexity index is 899. The molecule has 148 valence electrons. The van der Waals surface area contributed by atoms with Crippen molar-refractivity contribution in [1.29, 1.82) is 0 Å². The van der Waals surface area contributed by atoms with Gasteiger partial charge in [0.05, 0.1) is 0 Å². The zero-order valence-corrected chi connectivity index (χ0v) is 16.0. The topological polar surface area (TPSA) is 49.9 Å². The number of amides is 2. The minimum absolute atomic E-state index is 0.0834. The third-order valence-corrected chi connectivity index (χ3v) is 5.00. The van der Waals surface area contributed by atoms with E-state index in [1.165, 1.54) is 11.0 Å². The van der Waals surface area contributed by atoms with Crippen molar-refractivity contribution < 1.29 is 23.1 Å². The van der Waals surface area contributed by atoms with Crippen LogP contribution in [0.15, 0.2) is 36.4 Å². The number of hydrogen-bond donors (Lipinski definition) is 0. The van der Waals surface area contributed by atoms with Crippen molar-refractivity contribution in [2.75, 3.05) is 32.8 Å². The average molecular weight is 409 g/mol. The molecule has 1 fully saturated rings. The SMILES string of the molecule is Cc1cc(OCC(=O)N2CCN(C(=O)c3ccc(F)c(F)c3)CC2)ccc1Cl. The third kappa shape index (κ3) is 4.59. The molecular weight excluding hydrogens is 390 g/mol. The van der Waals surface area contributed by atoms with E-state index < -0.39 is 11.6 Å². The van der Waals surface area contributed by atoms with Crippen LogP contribution in [-0.2, 0) is 4.79 Å². The van der Waals surface area contributed by atoms with Gasteiger partial charge in [-0.3, -0.25) is 9.59 Å². The summed E-state index contributed by atoms with van der Waals surface area (Å²) in [6.45, 7) is 3.04. The Kier molecular flexibility index (Phi) is 6.14. The van der Waals surface area contributed by atoms with Gasteiger partial charge in [-0.25, -0.2) is 8.78 Å². The van der Waals surface area contributed by atoms with E-state index in [0.717, 1.165) is 17.7 Å². The summed E-state index contributed by atoms with van der Waals surface area (Å²) in [5.41, 5.74) is 0.941. The smallest absolute Gasteiger partial charge is 0.260 e. The Labute approximate surface area is 166 Å². The van der Waals surface area contributed by atoms with Crippen molar-refractivity contribution >= 4 is 23.4 Å². The maximum atomic E-state index is 13.3. The molecule has 28 heavy (non-hydrogen) atoms. The van der Waals surface area contributed by atoms with Crippen molar-refractivity contribution in [3.63, 3.8) is 0 Å². The lowest BCUT2D eigenvalue weighted by molar-refractivity contribution is -0.134. The van der Waals surface area contributed by atoms with E-state index in [4.69, 9.17) is 16.3 Å². The first kappa shape index (κ1) is 20.1. The summed E-state index contributed by atoms with van der Waals surface area (Å²) in [6, 6.07) is 8.23. The van der Waals surface area contributed by atoms with Crippen LogP contribution in [0, 0.1) is 18.6 Å². The highest BCUT2D eigenvalue weighted by molar-refractivity contribution is 6.31. The van der Waals surface area contributed by atoms with Crippen LogP contribution in [0.25, 0.3) is 0 Å². The second kappa shape index (κ2) is 8.56. The number of ether oxygens (including phenoxy) is 1. The van der Waals surface area contributed by atoms with Crippen LogP contribution in [0.1, 0.15) is 15.9 Å². The molecule has 1 heterocycles. The Hall–Kier alpha value is -2.67. The number of carbonyl (C=O) groups excluding carboxylic acids is 2. The standard InChI is InChI=1S/C20H19ClF2N2O3/c1-13-10-15(3-4-16(13)21)28-12-19(26)24-6-8-25(9-7-24)20(27)14-2-5-17(22)18(23)11-14/h2-5,10-11H,6-9,12H2,1H3. The largest absolute Gasteiger partial charge is 0.484 e. The normalized spacial score (nSPS) is 14.1. The third-order valence-electron chi connectivity index (χ3n) is 4.58. The van der Waals surface area contributed by atoms with Crippen LogP contribution in [-0.4, -0.2) is 54.4 Å². The predicted molar refractivity (Wildman–Crippen MR) is 101 cm³/mol. The number of benzene rings is 2. The molecule has 0 N–H and O–H groups in total. The quantitative estimate of drug-likeness (QED) is 0.780. The minimum Gasteiger partial charge on any atom is -0.484 e. The second-order valence-electron chi connectivity index (χ2n) is 6.50. The monoisotopic (exact) mass is 408 g/mol. The second-order valence-corrected chi connectivity index (χ2v) is 6.91. The average Bonchev–Trinajstić information content (AvgIpc) is 2.70. The van der Waals surface area contributed by atoms with E-state index in [-0.39, 0.29) is 24.0 Å². The zero-order chi connectivity index (χ0) is 20.3. The summed E-state index contributed by atoms with van der Waals surface area (Å²) in [5.74, 6) is -2.08. The van der Waals surface area contributed by atoms with Gasteiger partial charge in [0.15, 0.2) is 18.2 Å². The van der Waals surface area contributed by atoms with Crippen molar-refractivity contribution in [2.24, 2.45) is 0 Å². The molecule has 3 rings (SSSR count). The highest BCUT2D eigenvalue weighted by Crippen LogP contribution is 2.21. The fourth-order valence-electron chi connectivity index (χ4n) is 2.91. The molecule has 0 saturated carbocycles. The number of carbonyl (C=O) groups is 2. The molecule has 0 aliphatic carbocycles. The molecule has 2 amide bonds. The maximum Gasteiger partial charge on any atom is 0.260 e. The van der Waals surface area contributed by atoms with Crippen molar-refractivity contribution in [3.05, 3.63) is 64.2 Å². The van der Waals surface area contributed by atoms with Gasteiger partial charge in [0, 0.05) is 36.8 Å². The first-order valence-electron chi connectivity index (χ1n) is 8.76. The van der Waals surface area contributed by atoms with Crippen LogP contribution in [0.2, 0.25) is 5.02 Å². The molecule has 0 radical (unpaired) electrons. The molecule has 0 bridgehead atoms. The maximum absolute atomic E-state index is 13.3. The van der Waals surface area contributed by atoms with Gasteiger partial charge in [0.2, 0.25) is 0 Å². The zero-order valence-electron chi connectivity index (χ0n) is 15.3. The Morgan fingerprint density at radius 3 is 2.32 bits per heavy atom. The number of halogens is 3. The molecular formula is C20H19ClF2N2O3. The van der Waals surface area contributed by atoms with E-state index in [2.05, 4.69) is 0 Å². The number of piperazine rings is 1. The predicted octanol–water partition coefficient (Wildman–Crippen LogP) is 3.29. The molecule has 2 aromatic carbocycles. The summed E-state index contributed by atoms with van der Waals surface area (Å²) < 4.78 is 31.9. The van der Waals surface area contributed by atoms with Crippen molar-refractivity contribution in [1.82, 2.24) is 9.80 Å². The Balaban J connectivity index is 1.51. The van der Waals surface area contributed by atoms with Gasteiger partial charge in [0.1, 0.15) is 5.75 Å². The van der Waals surface area contributed by atoms with Crippen LogP contribution in [0.5, 0.6) is 5.75 Å². The lowest BCUT2D eigenvalue weighted by Gasteiger charge is -2.34. The molecule has 5 nitrogen and oxygen atoms in total. The van der Waals surface area contributed by atoms with Gasteiger partial charge in [0.25, 0.3) is 11.8 Å². The number of aryl methyl sites for hydroxylation is 1. The molecule has 1 aliphatic rings. The fraction of sp³-hybridized carbons (Fsp3) is 0.300. The molecule has 0 atom stereocenters. The van der Waals surface area contributed by atoms with E-state index in [0.29, 0.717) is 37.0 Å². The minimum atomic E-state index is -1.06. The van der Waals surface area contributed by atoms with Crippen LogP contribution in [0.3, 0.4) is 0 Å². The van der Waals surface area contributed by atoms with Crippen LogP contribution >= 0.6 is 11.6 Å². The summed E-state index contributed by atoms with van der Waals surface area (Å²) in [4.78, 5) is 27.9. The highest BCUT2D eigenvalue weighted by atomic mass is 35.5. The molecule has 1 aliphatic heterocycles. The molecule has 0 spiro atoms. The van der Waals surface area contributed by atoms with E-state index in [9.17, 15) is 18.4 Å². The van der Waals surface area contributed by atoms with Gasteiger partial charge in [-0.15, -0.1) is 0 Å². The summed E-state index contributed by atoms with van der Waals surface area (Å²) in [6.07, 6.45) is 0. The van der Waals surface area contributed by atoms with E-state index >= 15 is 0 Å². The summed E-state index contributed by atoms with van der Waals surface area (Å²) in [5, 5.41) is 0.625. The van der Waals surface area contributed by atoms with E-state index in [1.54, 1.807) is 23.1 Å². The van der Waals surface area contributed by atoms with Crippen molar-refractivity contribution in [2.45, 2.75) is 6.92 Å². The lowest BCUT2D eigenvalue weighted by Crippen LogP contribution is -2.51. The molecule has 8 heteroatoms. The van der Waals surface area contributed by atoms with Gasteiger partial charge in [-0.1, -0.05) is 11.6 Å². The first-order valence-corrected chi connectivity index (χ1v) is 9.14. The molecule has 0 unspecified atom stereocenters. The highest BCUT2D eigenvalue weighted by Gasteiger charge is 2.25. The van der Waals surface area contributed by atoms with Crippen molar-refractivity contribution in [3.8, 4) is 5.75 Å². The van der Waals surface area contributed by atoms with Gasteiger partial charge < -0.3 is 14.5 Å². The summed E-state index contributed by atoms with van der Waals surface area (Å²) >= 11 is 5.96. The molecule has 1 saturated heterocycles. The van der Waals surface area contributed by atoms with Gasteiger partial charge in [-0.05, 0) is 48.9 Å². The lowest BCUT2D eigenvalue weighted by atomic mass is 10.1. The Morgan fingerprint density at radius 2 is 1.68 bits per heavy atom. The fourth-order valence-corrected chi connectivity index (χ4v) is 3.03. The molecule has 0 aromatic heterocycles. The van der Waals surface area contributed by atoms with E-state index in [1.807, 2.05) is 6.92 Å². The number of hydrogen-bond acceptors (Lipinski definition) is 3.